The van der Waals surface area contributed by atoms with Gasteiger partial charge in [0.25, 0.3) is 5.91 Å². The molecule has 1 aliphatic heterocycles. The van der Waals surface area contributed by atoms with E-state index in [1.807, 2.05) is 12.1 Å². The topological polar surface area (TPSA) is 120 Å². The van der Waals surface area contributed by atoms with Crippen LogP contribution in [0.25, 0.3) is 11.0 Å². The minimum atomic E-state index is -0.917. The van der Waals surface area contributed by atoms with Gasteiger partial charge in [0.05, 0.1) is 5.69 Å². The number of piperazine rings is 1. The van der Waals surface area contributed by atoms with Gasteiger partial charge in [-0.25, -0.2) is 14.8 Å². The monoisotopic (exact) mass is 478 g/mol. The molecule has 3 aromatic rings. The zero-order valence-corrected chi connectivity index (χ0v) is 20.0. The highest BCUT2D eigenvalue weighted by atomic mass is 16.4. The summed E-state index contributed by atoms with van der Waals surface area (Å²) in [5.41, 5.74) is 1.97. The van der Waals surface area contributed by atoms with Crippen molar-refractivity contribution < 1.29 is 14.7 Å². The number of hydrogen-bond acceptors (Lipinski definition) is 7. The number of nitrogens with one attached hydrogen (secondary N) is 1. The number of amides is 2. The van der Waals surface area contributed by atoms with Gasteiger partial charge in [0.1, 0.15) is 11.3 Å². The molecule has 0 radical (unpaired) electrons. The maximum Gasteiger partial charge on any atom is 0.407 e. The Bertz CT molecular complexity index is 1240. The van der Waals surface area contributed by atoms with Gasteiger partial charge in [0, 0.05) is 64.1 Å². The molecule has 0 atom stereocenters. The van der Waals surface area contributed by atoms with E-state index < -0.39 is 6.09 Å². The summed E-state index contributed by atoms with van der Waals surface area (Å²) in [7, 11) is 3.37. The molecule has 184 valence electrons. The molecule has 0 unspecified atom stereocenters. The summed E-state index contributed by atoms with van der Waals surface area (Å²) in [6.07, 6.45) is 7.74. The number of hydrogen-bond donors (Lipinski definition) is 2. The van der Waals surface area contributed by atoms with Gasteiger partial charge in [-0.3, -0.25) is 4.79 Å². The number of carboxylic acid groups (broad SMARTS) is 1. The molecule has 2 fully saturated rings. The van der Waals surface area contributed by atoms with Crippen LogP contribution in [0.2, 0.25) is 0 Å². The maximum atomic E-state index is 12.6. The van der Waals surface area contributed by atoms with E-state index in [0.29, 0.717) is 49.7 Å². The molecule has 2 aliphatic rings. The standard InChI is InChI=1S/C24H30N8O3/c1-29(2)22(33)18-7-8-19(30-11-13-31(14-12-30)24(34)35)20(26-18)27-23-25-15-16-9-10-32(21(16)28-23)17-5-3-4-6-17/h7-10,15,17H,3-6,11-14H2,1-2H3,(H,34,35)(H,25,26,27,28). The van der Waals surface area contributed by atoms with Crippen molar-refractivity contribution in [3.8, 4) is 0 Å². The highest BCUT2D eigenvalue weighted by Gasteiger charge is 2.25. The van der Waals surface area contributed by atoms with E-state index >= 15 is 0 Å². The van der Waals surface area contributed by atoms with Crippen molar-refractivity contribution in [2.45, 2.75) is 31.7 Å². The summed E-state index contributed by atoms with van der Waals surface area (Å²) in [6, 6.07) is 6.04. The quantitative estimate of drug-likeness (QED) is 0.574. The first-order valence-electron chi connectivity index (χ1n) is 12.0. The lowest BCUT2D eigenvalue weighted by Gasteiger charge is -2.35. The van der Waals surface area contributed by atoms with Crippen LogP contribution in [-0.2, 0) is 0 Å². The molecule has 1 saturated heterocycles. The predicted molar refractivity (Wildman–Crippen MR) is 132 cm³/mol. The highest BCUT2D eigenvalue weighted by molar-refractivity contribution is 5.93. The van der Waals surface area contributed by atoms with Gasteiger partial charge < -0.3 is 29.7 Å². The Kier molecular flexibility index (Phi) is 6.14. The van der Waals surface area contributed by atoms with Gasteiger partial charge >= 0.3 is 6.09 Å². The summed E-state index contributed by atoms with van der Waals surface area (Å²) >= 11 is 0. The molecule has 0 aromatic carbocycles. The van der Waals surface area contributed by atoms with Crippen LogP contribution in [-0.4, -0.2) is 86.7 Å². The van der Waals surface area contributed by atoms with Gasteiger partial charge in [0.15, 0.2) is 5.82 Å². The molecular weight excluding hydrogens is 448 g/mol. The minimum Gasteiger partial charge on any atom is -0.465 e. The molecule has 0 spiro atoms. The van der Waals surface area contributed by atoms with Crippen LogP contribution in [0.4, 0.5) is 22.2 Å². The van der Waals surface area contributed by atoms with E-state index in [1.165, 1.54) is 22.6 Å². The number of fused-ring (bicyclic) bond motifs is 1. The Morgan fingerprint density at radius 1 is 1.06 bits per heavy atom. The first-order valence-corrected chi connectivity index (χ1v) is 12.0. The molecule has 1 aliphatic carbocycles. The van der Waals surface area contributed by atoms with Crippen LogP contribution in [0, 0.1) is 0 Å². The Labute approximate surface area is 203 Å². The average Bonchev–Trinajstić information content (AvgIpc) is 3.53. The lowest BCUT2D eigenvalue weighted by Crippen LogP contribution is -2.48. The zero-order chi connectivity index (χ0) is 24.5. The number of anilines is 3. The Morgan fingerprint density at radius 3 is 2.49 bits per heavy atom. The first kappa shape index (κ1) is 22.9. The van der Waals surface area contributed by atoms with Gasteiger partial charge in [-0.15, -0.1) is 0 Å². The molecule has 11 heteroatoms. The van der Waals surface area contributed by atoms with Crippen LogP contribution >= 0.6 is 0 Å². The van der Waals surface area contributed by atoms with Crippen molar-refractivity contribution in [2.24, 2.45) is 0 Å². The van der Waals surface area contributed by atoms with Crippen LogP contribution in [0.3, 0.4) is 0 Å². The van der Waals surface area contributed by atoms with Crippen LogP contribution < -0.4 is 10.2 Å². The second-order valence-electron chi connectivity index (χ2n) is 9.28. The molecule has 2 N–H and O–H groups in total. The number of pyridine rings is 1. The van der Waals surface area contributed by atoms with Gasteiger partial charge in [-0.1, -0.05) is 12.8 Å². The van der Waals surface area contributed by atoms with Crippen LogP contribution in [0.15, 0.2) is 30.6 Å². The zero-order valence-electron chi connectivity index (χ0n) is 20.0. The van der Waals surface area contributed by atoms with Crippen molar-refractivity contribution in [1.29, 1.82) is 0 Å². The van der Waals surface area contributed by atoms with E-state index in [9.17, 15) is 14.7 Å². The number of nitrogens with zero attached hydrogens (tertiary/aromatic N) is 7. The van der Waals surface area contributed by atoms with Gasteiger partial charge in [0.2, 0.25) is 5.95 Å². The molecule has 11 nitrogen and oxygen atoms in total. The Hall–Kier alpha value is -3.89. The third-order valence-electron chi connectivity index (χ3n) is 6.79. The number of rotatable bonds is 5. The smallest absolute Gasteiger partial charge is 0.407 e. The third-order valence-corrected chi connectivity index (χ3v) is 6.79. The molecule has 5 rings (SSSR count). The van der Waals surface area contributed by atoms with Crippen molar-refractivity contribution in [3.05, 3.63) is 36.3 Å². The summed E-state index contributed by atoms with van der Waals surface area (Å²) in [5.74, 6) is 0.671. The van der Waals surface area contributed by atoms with Crippen molar-refractivity contribution in [3.63, 3.8) is 0 Å². The van der Waals surface area contributed by atoms with Crippen molar-refractivity contribution >= 4 is 40.5 Å². The van der Waals surface area contributed by atoms with E-state index in [4.69, 9.17) is 4.98 Å². The maximum absolute atomic E-state index is 12.6. The van der Waals surface area contributed by atoms with Crippen LogP contribution in [0.1, 0.15) is 42.2 Å². The summed E-state index contributed by atoms with van der Waals surface area (Å²) in [5, 5.41) is 13.5. The van der Waals surface area contributed by atoms with Gasteiger partial charge in [-0.05, 0) is 31.0 Å². The molecule has 2 amide bonds. The summed E-state index contributed by atoms with van der Waals surface area (Å²) in [4.78, 5) is 42.8. The lowest BCUT2D eigenvalue weighted by molar-refractivity contribution is 0.0822. The number of aromatic nitrogens is 4. The summed E-state index contributed by atoms with van der Waals surface area (Å²) in [6.45, 7) is 1.83. The fourth-order valence-electron chi connectivity index (χ4n) is 4.87. The van der Waals surface area contributed by atoms with E-state index in [0.717, 1.165) is 29.6 Å². The molecule has 3 aromatic heterocycles. The molecule has 4 heterocycles. The Balaban J connectivity index is 1.48. The summed E-state index contributed by atoms with van der Waals surface area (Å²) < 4.78 is 2.24. The molecule has 1 saturated carbocycles. The Morgan fingerprint density at radius 2 is 1.80 bits per heavy atom. The van der Waals surface area contributed by atoms with Gasteiger partial charge in [-0.2, -0.15) is 4.98 Å². The fourth-order valence-corrected chi connectivity index (χ4v) is 4.87. The minimum absolute atomic E-state index is 0.207. The highest BCUT2D eigenvalue weighted by Crippen LogP contribution is 2.33. The third kappa shape index (κ3) is 4.58. The van der Waals surface area contributed by atoms with E-state index in [2.05, 4.69) is 30.9 Å². The van der Waals surface area contributed by atoms with Crippen LogP contribution in [0.5, 0.6) is 0 Å². The number of carbonyl (C=O) groups is 2. The largest absolute Gasteiger partial charge is 0.465 e. The SMILES string of the molecule is CN(C)C(=O)c1ccc(N2CCN(C(=O)O)CC2)c(Nc2ncc3ccn(C4CCCC4)c3n2)n1. The first-order chi connectivity index (χ1) is 16.9. The van der Waals surface area contributed by atoms with Crippen molar-refractivity contribution in [1.82, 2.24) is 29.3 Å². The predicted octanol–water partition coefficient (Wildman–Crippen LogP) is 3.19. The lowest BCUT2D eigenvalue weighted by atomic mass is 10.2. The molecule has 35 heavy (non-hydrogen) atoms. The van der Waals surface area contributed by atoms with E-state index in [1.54, 1.807) is 26.4 Å². The average molecular weight is 479 g/mol. The normalized spacial score (nSPS) is 16.6. The number of carbonyl (C=O) groups excluding carboxylic acids is 1. The van der Waals surface area contributed by atoms with Crippen molar-refractivity contribution in [2.75, 3.05) is 50.5 Å². The molecule has 0 bridgehead atoms. The van der Waals surface area contributed by atoms with E-state index in [-0.39, 0.29) is 5.91 Å². The fraction of sp³-hybridized carbons (Fsp3) is 0.458. The second-order valence-corrected chi connectivity index (χ2v) is 9.28. The second kappa shape index (κ2) is 9.40. The molecular formula is C24H30N8O3.